The molecular weight excluding hydrogens is 913 g/mol. The van der Waals surface area contributed by atoms with Crippen LogP contribution in [0.5, 0.6) is 0 Å². The van der Waals surface area contributed by atoms with E-state index < -0.39 is 6.10 Å². The molecule has 0 aromatic carbocycles. The molecule has 0 radical (unpaired) electrons. The van der Waals surface area contributed by atoms with Crippen LogP contribution in [0.3, 0.4) is 0 Å². The molecule has 0 saturated heterocycles. The Labute approximate surface area is 455 Å². The second-order valence-corrected chi connectivity index (χ2v) is 19.1. The summed E-state index contributed by atoms with van der Waals surface area (Å²) in [5.41, 5.74) is 0. The number of carbonyl (C=O) groups excluding carboxylic acids is 3. The van der Waals surface area contributed by atoms with Gasteiger partial charge in [0.2, 0.25) is 0 Å². The van der Waals surface area contributed by atoms with Crippen molar-refractivity contribution in [1.82, 2.24) is 0 Å². The SMILES string of the molecule is CC/C=C\C/C=C\C/C=C\C/C=C\C/C=C\C/C=C\C/C=C\C/C=C\C/C=C\CCCC(=O)OCC(COC(=O)CCCCCCCCCCCC)OC(=O)CCCCCCCCC/C=C\C/C=C\C/C=C\CC. The maximum atomic E-state index is 12.8. The summed E-state index contributed by atoms with van der Waals surface area (Å²) in [7, 11) is 0. The summed E-state index contributed by atoms with van der Waals surface area (Å²) in [5, 5.41) is 0. The van der Waals surface area contributed by atoms with Crippen molar-refractivity contribution in [2.45, 2.75) is 252 Å². The van der Waals surface area contributed by atoms with Crippen molar-refractivity contribution in [1.29, 1.82) is 0 Å². The van der Waals surface area contributed by atoms with E-state index in [-0.39, 0.29) is 37.5 Å². The third-order valence-corrected chi connectivity index (χ3v) is 12.1. The van der Waals surface area contributed by atoms with Crippen molar-refractivity contribution in [3.05, 3.63) is 146 Å². The van der Waals surface area contributed by atoms with Gasteiger partial charge in [0, 0.05) is 19.3 Å². The number of unbranched alkanes of at least 4 members (excludes halogenated alkanes) is 17. The highest BCUT2D eigenvalue weighted by molar-refractivity contribution is 5.71. The van der Waals surface area contributed by atoms with Crippen LogP contribution in [0.1, 0.15) is 245 Å². The molecule has 1 atom stereocenters. The van der Waals surface area contributed by atoms with Crippen molar-refractivity contribution >= 4 is 17.9 Å². The van der Waals surface area contributed by atoms with Gasteiger partial charge < -0.3 is 14.2 Å². The molecule has 0 aromatic rings. The van der Waals surface area contributed by atoms with E-state index in [0.717, 1.165) is 128 Å². The van der Waals surface area contributed by atoms with Crippen LogP contribution in [0.15, 0.2) is 146 Å². The number of rotatable bonds is 52. The number of esters is 3. The van der Waals surface area contributed by atoms with Crippen molar-refractivity contribution in [2.24, 2.45) is 0 Å². The van der Waals surface area contributed by atoms with Gasteiger partial charge in [0.15, 0.2) is 6.10 Å². The van der Waals surface area contributed by atoms with Gasteiger partial charge >= 0.3 is 17.9 Å². The minimum absolute atomic E-state index is 0.104. The fraction of sp³-hybridized carbons (Fsp3) is 0.603. The molecule has 0 N–H and O–H groups in total. The number of hydrogen-bond donors (Lipinski definition) is 0. The monoisotopic (exact) mass is 1020 g/mol. The first kappa shape index (κ1) is 69.3. The lowest BCUT2D eigenvalue weighted by molar-refractivity contribution is -0.167. The number of allylic oxidation sites excluding steroid dienone is 24. The molecule has 0 aliphatic rings. The summed E-state index contributed by atoms with van der Waals surface area (Å²) in [6.07, 6.45) is 87.1. The van der Waals surface area contributed by atoms with Crippen molar-refractivity contribution in [3.8, 4) is 0 Å². The van der Waals surface area contributed by atoms with Gasteiger partial charge in [0.05, 0.1) is 0 Å². The van der Waals surface area contributed by atoms with Crippen molar-refractivity contribution in [2.75, 3.05) is 13.2 Å². The summed E-state index contributed by atoms with van der Waals surface area (Å²) in [4.78, 5) is 38.1. The minimum Gasteiger partial charge on any atom is -0.462 e. The Kier molecular flexibility index (Phi) is 57.0. The summed E-state index contributed by atoms with van der Waals surface area (Å²) in [6.45, 7) is 6.34. The molecule has 0 heterocycles. The number of carbonyl (C=O) groups is 3. The first-order chi connectivity index (χ1) is 36.5. The van der Waals surface area contributed by atoms with Crippen LogP contribution in [0.2, 0.25) is 0 Å². The lowest BCUT2D eigenvalue weighted by atomic mass is 10.1. The first-order valence-corrected chi connectivity index (χ1v) is 29.8. The first-order valence-electron chi connectivity index (χ1n) is 29.8. The average Bonchev–Trinajstić information content (AvgIpc) is 3.40. The summed E-state index contributed by atoms with van der Waals surface area (Å²) < 4.78 is 16.8. The van der Waals surface area contributed by atoms with E-state index in [1.54, 1.807) is 0 Å². The van der Waals surface area contributed by atoms with Crippen LogP contribution in [-0.2, 0) is 28.6 Å². The van der Waals surface area contributed by atoms with Gasteiger partial charge in [-0.3, -0.25) is 14.4 Å². The highest BCUT2D eigenvalue weighted by atomic mass is 16.6. The normalized spacial score (nSPS) is 13.2. The Morgan fingerprint density at radius 2 is 0.541 bits per heavy atom. The van der Waals surface area contributed by atoms with Crippen LogP contribution >= 0.6 is 0 Å². The molecule has 416 valence electrons. The third kappa shape index (κ3) is 58.2. The Bertz CT molecular complexity index is 1640. The number of ether oxygens (including phenoxy) is 3. The standard InChI is InChI=1S/C68H108O6/c1-4-7-10-13-16-19-22-24-26-28-29-30-31-32-33-34-35-36-37-38-39-41-42-44-46-49-52-55-58-61-67(70)73-64-65(63-72-66(69)60-57-54-51-48-21-18-15-12-9-6-3)74-68(71)62-59-56-53-50-47-45-43-40-27-25-23-20-17-14-11-8-5-2/h7-8,10-11,16-17,19-20,24-27,29-30,32-33,35-36,38-39,42,44,49,52,65H,4-6,9,12-15,18,21-23,28,31,34,37,40-41,43,45-48,50-51,53-64H2,1-3H3/b10-7-,11-8-,19-16-,20-17-,26-24-,27-25-,30-29-,33-32-,36-35-,39-38-,44-42-,52-49-. The molecule has 74 heavy (non-hydrogen) atoms. The Morgan fingerprint density at radius 3 is 0.878 bits per heavy atom. The predicted molar refractivity (Wildman–Crippen MR) is 320 cm³/mol. The van der Waals surface area contributed by atoms with E-state index in [1.165, 1.54) is 70.6 Å². The summed E-state index contributed by atoms with van der Waals surface area (Å²) in [5.74, 6) is -0.982. The highest BCUT2D eigenvalue weighted by Gasteiger charge is 2.19. The van der Waals surface area contributed by atoms with Gasteiger partial charge in [-0.25, -0.2) is 0 Å². The molecule has 0 rings (SSSR count). The molecule has 0 aliphatic heterocycles. The van der Waals surface area contributed by atoms with Gasteiger partial charge in [-0.05, 0) is 116 Å². The molecule has 1 unspecified atom stereocenters. The van der Waals surface area contributed by atoms with E-state index in [4.69, 9.17) is 14.2 Å². The van der Waals surface area contributed by atoms with Crippen molar-refractivity contribution in [3.63, 3.8) is 0 Å². The molecule has 0 amide bonds. The summed E-state index contributed by atoms with van der Waals surface area (Å²) in [6, 6.07) is 0. The lowest BCUT2D eigenvalue weighted by Gasteiger charge is -2.18. The van der Waals surface area contributed by atoms with E-state index in [1.807, 2.05) is 0 Å². The van der Waals surface area contributed by atoms with E-state index in [9.17, 15) is 14.4 Å². The maximum absolute atomic E-state index is 12.8. The van der Waals surface area contributed by atoms with Crippen LogP contribution in [0.4, 0.5) is 0 Å². The molecule has 6 heteroatoms. The quantitative estimate of drug-likeness (QED) is 0.0261. The molecule has 6 nitrogen and oxygen atoms in total. The van der Waals surface area contributed by atoms with Gasteiger partial charge in [0.25, 0.3) is 0 Å². The zero-order chi connectivity index (χ0) is 53.6. The second kappa shape index (κ2) is 60.8. The lowest BCUT2D eigenvalue weighted by Crippen LogP contribution is -2.30. The van der Waals surface area contributed by atoms with Gasteiger partial charge in [0.1, 0.15) is 13.2 Å². The molecule has 0 aliphatic carbocycles. The third-order valence-electron chi connectivity index (χ3n) is 12.1. The van der Waals surface area contributed by atoms with Crippen LogP contribution in [-0.4, -0.2) is 37.2 Å². The second-order valence-electron chi connectivity index (χ2n) is 19.1. The van der Waals surface area contributed by atoms with Crippen LogP contribution in [0, 0.1) is 0 Å². The number of hydrogen-bond acceptors (Lipinski definition) is 6. The smallest absolute Gasteiger partial charge is 0.306 e. The molecule has 0 spiro atoms. The zero-order valence-electron chi connectivity index (χ0n) is 47.5. The largest absolute Gasteiger partial charge is 0.462 e. The van der Waals surface area contributed by atoms with Gasteiger partial charge in [-0.1, -0.05) is 256 Å². The van der Waals surface area contributed by atoms with Crippen LogP contribution in [0.25, 0.3) is 0 Å². The fourth-order valence-electron chi connectivity index (χ4n) is 7.69. The Hall–Kier alpha value is -4.71. The zero-order valence-corrected chi connectivity index (χ0v) is 47.5. The van der Waals surface area contributed by atoms with E-state index in [0.29, 0.717) is 19.3 Å². The molecule has 0 saturated carbocycles. The molecule has 0 aromatic heterocycles. The average molecular weight is 1020 g/mol. The minimum atomic E-state index is -0.811. The van der Waals surface area contributed by atoms with E-state index in [2.05, 4.69) is 167 Å². The Balaban J connectivity index is 4.41. The molecular formula is C68H108O6. The van der Waals surface area contributed by atoms with Crippen molar-refractivity contribution < 1.29 is 28.6 Å². The van der Waals surface area contributed by atoms with Gasteiger partial charge in [-0.15, -0.1) is 0 Å². The molecule has 0 fully saturated rings. The van der Waals surface area contributed by atoms with E-state index >= 15 is 0 Å². The highest BCUT2D eigenvalue weighted by Crippen LogP contribution is 2.14. The van der Waals surface area contributed by atoms with Gasteiger partial charge in [-0.2, -0.15) is 0 Å². The topological polar surface area (TPSA) is 78.9 Å². The van der Waals surface area contributed by atoms with Crippen LogP contribution < -0.4 is 0 Å². The predicted octanol–water partition coefficient (Wildman–Crippen LogP) is 20.4. The maximum Gasteiger partial charge on any atom is 0.306 e. The summed E-state index contributed by atoms with van der Waals surface area (Å²) >= 11 is 0. The molecule has 0 bridgehead atoms. The Morgan fingerprint density at radius 1 is 0.284 bits per heavy atom. The fourth-order valence-corrected chi connectivity index (χ4v) is 7.69.